The van der Waals surface area contributed by atoms with Gasteiger partial charge in [-0.25, -0.2) is 8.42 Å². The van der Waals surface area contributed by atoms with Crippen LogP contribution in [0.1, 0.15) is 29.9 Å². The van der Waals surface area contributed by atoms with E-state index in [-0.39, 0.29) is 36.5 Å². The van der Waals surface area contributed by atoms with Crippen LogP contribution in [0.25, 0.3) is 10.9 Å². The smallest absolute Gasteiger partial charge is 0.245 e. The van der Waals surface area contributed by atoms with Gasteiger partial charge in [0.25, 0.3) is 0 Å². The Kier molecular flexibility index (Phi) is 7.87. The first-order chi connectivity index (χ1) is 18.4. The molecule has 1 aliphatic rings. The molecule has 0 bridgehead atoms. The van der Waals surface area contributed by atoms with E-state index in [0.717, 1.165) is 29.6 Å². The Morgan fingerprint density at radius 2 is 1.82 bits per heavy atom. The molecule has 38 heavy (non-hydrogen) atoms. The van der Waals surface area contributed by atoms with Crippen LogP contribution in [0.3, 0.4) is 0 Å². The zero-order valence-corrected chi connectivity index (χ0v) is 22.1. The first-order valence-electron chi connectivity index (χ1n) is 12.7. The number of rotatable bonds is 10. The van der Waals surface area contributed by atoms with Crippen molar-refractivity contribution in [1.29, 1.82) is 0 Å². The fourth-order valence-corrected chi connectivity index (χ4v) is 6.32. The fraction of sp³-hybridized carbons (Fsp3) is 0.310. The summed E-state index contributed by atoms with van der Waals surface area (Å²) < 4.78 is 40.9. The highest BCUT2D eigenvalue weighted by molar-refractivity contribution is 7.89. The number of amides is 1. The number of carbonyl (C=O) groups is 1. The van der Waals surface area contributed by atoms with Crippen molar-refractivity contribution in [2.45, 2.75) is 43.9 Å². The molecule has 1 saturated heterocycles. The Morgan fingerprint density at radius 3 is 2.55 bits per heavy atom. The molecule has 1 aliphatic heterocycles. The minimum atomic E-state index is -4.07. The van der Waals surface area contributed by atoms with E-state index < -0.39 is 10.0 Å². The molecule has 1 fully saturated rings. The van der Waals surface area contributed by atoms with Crippen molar-refractivity contribution in [2.24, 2.45) is 0 Å². The standard InChI is InChI=1S/C29H31N3O5S/c1-22-14-15-26(37-22)19-31(18-23-8-3-2-4-9-23)28(33)21-32(20-25-12-7-17-36-25)38(34,35)27-13-5-10-24-11-6-16-30-29(24)27/h2-6,8-11,13-16,25H,7,12,17-21H2,1H3. The number of pyridine rings is 1. The van der Waals surface area contributed by atoms with Crippen molar-refractivity contribution in [3.8, 4) is 0 Å². The van der Waals surface area contributed by atoms with Gasteiger partial charge < -0.3 is 14.1 Å². The van der Waals surface area contributed by atoms with Crippen molar-refractivity contribution < 1.29 is 22.4 Å². The molecule has 4 aromatic rings. The molecule has 0 aliphatic carbocycles. The molecule has 1 unspecified atom stereocenters. The van der Waals surface area contributed by atoms with E-state index >= 15 is 0 Å². The minimum absolute atomic E-state index is 0.0812. The third-order valence-electron chi connectivity index (χ3n) is 6.67. The molecule has 9 heteroatoms. The third-order valence-corrected chi connectivity index (χ3v) is 8.51. The molecule has 8 nitrogen and oxygen atoms in total. The lowest BCUT2D eigenvalue weighted by Crippen LogP contribution is -2.45. The first-order valence-corrected chi connectivity index (χ1v) is 14.2. The van der Waals surface area contributed by atoms with Gasteiger partial charge in [-0.15, -0.1) is 0 Å². The maximum Gasteiger partial charge on any atom is 0.245 e. The van der Waals surface area contributed by atoms with Gasteiger partial charge in [-0.05, 0) is 49.6 Å². The number of carbonyl (C=O) groups excluding carboxylic acids is 1. The Labute approximate surface area is 222 Å². The monoisotopic (exact) mass is 533 g/mol. The Hall–Kier alpha value is -3.53. The van der Waals surface area contributed by atoms with Crippen molar-refractivity contribution >= 4 is 26.8 Å². The summed E-state index contributed by atoms with van der Waals surface area (Å²) >= 11 is 0. The van der Waals surface area contributed by atoms with Crippen molar-refractivity contribution in [1.82, 2.24) is 14.2 Å². The summed E-state index contributed by atoms with van der Waals surface area (Å²) in [7, 11) is -4.07. The largest absolute Gasteiger partial charge is 0.464 e. The normalized spacial score (nSPS) is 15.8. The number of para-hydroxylation sites is 1. The maximum absolute atomic E-state index is 14.1. The van der Waals surface area contributed by atoms with E-state index in [4.69, 9.17) is 9.15 Å². The van der Waals surface area contributed by atoms with E-state index in [0.29, 0.717) is 24.4 Å². The second-order valence-electron chi connectivity index (χ2n) is 9.51. The number of sulfonamides is 1. The Morgan fingerprint density at radius 1 is 1.00 bits per heavy atom. The lowest BCUT2D eigenvalue weighted by Gasteiger charge is -2.28. The van der Waals surface area contributed by atoms with Crippen molar-refractivity contribution in [3.05, 3.63) is 96.1 Å². The molecule has 0 saturated carbocycles. The van der Waals surface area contributed by atoms with Crippen LogP contribution in [0.4, 0.5) is 0 Å². The number of aryl methyl sites for hydroxylation is 1. The van der Waals surface area contributed by atoms with Crippen LogP contribution >= 0.6 is 0 Å². The molecule has 0 spiro atoms. The maximum atomic E-state index is 14.1. The fourth-order valence-electron chi connectivity index (χ4n) is 4.73. The highest BCUT2D eigenvalue weighted by atomic mass is 32.2. The molecule has 1 amide bonds. The minimum Gasteiger partial charge on any atom is -0.464 e. The summed E-state index contributed by atoms with van der Waals surface area (Å²) in [5.41, 5.74) is 1.32. The predicted molar refractivity (Wildman–Crippen MR) is 144 cm³/mol. The van der Waals surface area contributed by atoms with Crippen LogP contribution in [0.2, 0.25) is 0 Å². The summed E-state index contributed by atoms with van der Waals surface area (Å²) in [5.74, 6) is 1.06. The summed E-state index contributed by atoms with van der Waals surface area (Å²) in [6, 6.07) is 22.0. The zero-order chi connectivity index (χ0) is 26.5. The molecule has 5 rings (SSSR count). The molecule has 2 aromatic heterocycles. The van der Waals surface area contributed by atoms with E-state index in [1.54, 1.807) is 29.3 Å². The van der Waals surface area contributed by atoms with Gasteiger partial charge in [-0.3, -0.25) is 9.78 Å². The third kappa shape index (κ3) is 5.96. The summed E-state index contributed by atoms with van der Waals surface area (Å²) in [5, 5.41) is 0.718. The first kappa shape index (κ1) is 26.1. The van der Waals surface area contributed by atoms with Gasteiger partial charge in [-0.1, -0.05) is 48.5 Å². The van der Waals surface area contributed by atoms with Gasteiger partial charge in [0.05, 0.1) is 24.7 Å². The average Bonchev–Trinajstić information content (AvgIpc) is 3.59. The van der Waals surface area contributed by atoms with E-state index in [1.807, 2.05) is 61.5 Å². The number of hydrogen-bond acceptors (Lipinski definition) is 6. The van der Waals surface area contributed by atoms with Gasteiger partial charge in [0.1, 0.15) is 16.4 Å². The Bertz CT molecular complexity index is 1490. The van der Waals surface area contributed by atoms with Crippen LogP contribution in [0.15, 0.2) is 88.3 Å². The van der Waals surface area contributed by atoms with Crippen LogP contribution in [-0.4, -0.2) is 54.3 Å². The average molecular weight is 534 g/mol. The highest BCUT2D eigenvalue weighted by Gasteiger charge is 2.33. The van der Waals surface area contributed by atoms with Gasteiger partial charge in [0.15, 0.2) is 0 Å². The Balaban J connectivity index is 1.47. The topological polar surface area (TPSA) is 93.0 Å². The van der Waals surface area contributed by atoms with Gasteiger partial charge >= 0.3 is 0 Å². The van der Waals surface area contributed by atoms with Crippen LogP contribution < -0.4 is 0 Å². The molecule has 198 valence electrons. The number of fused-ring (bicyclic) bond motifs is 1. The van der Waals surface area contributed by atoms with Gasteiger partial charge in [0, 0.05) is 31.3 Å². The number of benzene rings is 2. The number of furan rings is 1. The predicted octanol–water partition coefficient (Wildman–Crippen LogP) is 4.53. The molecule has 2 aromatic carbocycles. The SMILES string of the molecule is Cc1ccc(CN(Cc2ccccc2)C(=O)CN(CC2CCCO2)S(=O)(=O)c2cccc3cccnc23)o1. The quantitative estimate of drug-likeness (QED) is 0.297. The van der Waals surface area contributed by atoms with Crippen LogP contribution in [0, 0.1) is 6.92 Å². The lowest BCUT2D eigenvalue weighted by molar-refractivity contribution is -0.133. The van der Waals surface area contributed by atoms with Crippen LogP contribution in [0.5, 0.6) is 0 Å². The second kappa shape index (κ2) is 11.5. The highest BCUT2D eigenvalue weighted by Crippen LogP contribution is 2.26. The van der Waals surface area contributed by atoms with E-state index in [9.17, 15) is 13.2 Å². The van der Waals surface area contributed by atoms with Gasteiger partial charge in [0.2, 0.25) is 15.9 Å². The number of ether oxygens (including phenoxy) is 1. The number of hydrogen-bond donors (Lipinski definition) is 0. The summed E-state index contributed by atoms with van der Waals surface area (Å²) in [4.78, 5) is 19.9. The number of nitrogens with zero attached hydrogens (tertiary/aromatic N) is 3. The summed E-state index contributed by atoms with van der Waals surface area (Å²) in [6.45, 7) is 2.75. The molecular weight excluding hydrogens is 502 g/mol. The number of aromatic nitrogens is 1. The summed E-state index contributed by atoms with van der Waals surface area (Å²) in [6.07, 6.45) is 2.91. The second-order valence-corrected chi connectivity index (χ2v) is 11.4. The van der Waals surface area contributed by atoms with E-state index in [2.05, 4.69) is 4.98 Å². The van der Waals surface area contributed by atoms with Crippen LogP contribution in [-0.2, 0) is 32.6 Å². The molecule has 0 N–H and O–H groups in total. The lowest BCUT2D eigenvalue weighted by atomic mass is 10.2. The zero-order valence-electron chi connectivity index (χ0n) is 21.3. The molecule has 0 radical (unpaired) electrons. The van der Waals surface area contributed by atoms with Gasteiger partial charge in [-0.2, -0.15) is 4.31 Å². The molecular formula is C29H31N3O5S. The molecule has 1 atom stereocenters. The van der Waals surface area contributed by atoms with Crippen molar-refractivity contribution in [2.75, 3.05) is 19.7 Å². The van der Waals surface area contributed by atoms with Crippen molar-refractivity contribution in [3.63, 3.8) is 0 Å². The van der Waals surface area contributed by atoms with E-state index in [1.165, 1.54) is 4.31 Å². The molecule has 3 heterocycles.